The summed E-state index contributed by atoms with van der Waals surface area (Å²) in [5.74, 6) is -0.201. The highest BCUT2D eigenvalue weighted by Gasteiger charge is 2.13. The molecule has 1 unspecified atom stereocenters. The molecule has 0 aliphatic heterocycles. The van der Waals surface area contributed by atoms with Crippen molar-refractivity contribution >= 4 is 5.97 Å². The van der Waals surface area contributed by atoms with Crippen LogP contribution in [0.15, 0.2) is 12.2 Å². The van der Waals surface area contributed by atoms with Gasteiger partial charge in [0.25, 0.3) is 0 Å². The average Bonchev–Trinajstić information content (AvgIpc) is 3.00. The molecule has 0 fully saturated rings. The molecule has 0 saturated carbocycles. The number of aliphatic hydroxyl groups excluding tert-OH is 1. The SMILES string of the molecule is CCCCCCCCC/C=C\CCCCCCCCOCC(CO)OC(=O)CCCCCCCCCCCCCCC. The van der Waals surface area contributed by atoms with E-state index < -0.39 is 6.10 Å². The zero-order valence-electron chi connectivity index (χ0n) is 28.5. The van der Waals surface area contributed by atoms with E-state index in [9.17, 15) is 9.90 Å². The number of unbranched alkanes of at least 4 members (excludes halogenated alkanes) is 25. The minimum atomic E-state index is -0.529. The van der Waals surface area contributed by atoms with Gasteiger partial charge in [-0.15, -0.1) is 0 Å². The summed E-state index contributed by atoms with van der Waals surface area (Å²) >= 11 is 0. The number of allylic oxidation sites excluding steroid dienone is 2. The van der Waals surface area contributed by atoms with Crippen molar-refractivity contribution in [1.82, 2.24) is 0 Å². The molecular weight excluding hydrogens is 520 g/mol. The van der Waals surface area contributed by atoms with Crippen molar-refractivity contribution in [1.29, 1.82) is 0 Å². The van der Waals surface area contributed by atoms with E-state index in [4.69, 9.17) is 9.47 Å². The Balaban J connectivity index is 3.41. The zero-order chi connectivity index (χ0) is 30.6. The van der Waals surface area contributed by atoms with Crippen molar-refractivity contribution in [3.63, 3.8) is 0 Å². The number of carbonyl (C=O) groups excluding carboxylic acids is 1. The Kier molecular flexibility index (Phi) is 35.6. The zero-order valence-corrected chi connectivity index (χ0v) is 28.5. The molecule has 0 aliphatic carbocycles. The van der Waals surface area contributed by atoms with Gasteiger partial charge in [0.2, 0.25) is 0 Å². The van der Waals surface area contributed by atoms with Crippen LogP contribution in [0.4, 0.5) is 0 Å². The first-order valence-corrected chi connectivity index (χ1v) is 18.8. The van der Waals surface area contributed by atoms with Gasteiger partial charge in [-0.25, -0.2) is 0 Å². The first-order chi connectivity index (χ1) is 20.7. The topological polar surface area (TPSA) is 55.8 Å². The lowest BCUT2D eigenvalue weighted by atomic mass is 10.0. The lowest BCUT2D eigenvalue weighted by Crippen LogP contribution is -2.27. The second kappa shape index (κ2) is 36.3. The Morgan fingerprint density at radius 3 is 1.36 bits per heavy atom. The highest BCUT2D eigenvalue weighted by molar-refractivity contribution is 5.69. The molecule has 0 aromatic rings. The fourth-order valence-electron chi connectivity index (χ4n) is 5.50. The van der Waals surface area contributed by atoms with Crippen LogP contribution < -0.4 is 0 Å². The van der Waals surface area contributed by atoms with E-state index in [1.807, 2.05) is 0 Å². The van der Waals surface area contributed by atoms with Crippen LogP contribution in [0, 0.1) is 0 Å². The maximum Gasteiger partial charge on any atom is 0.306 e. The van der Waals surface area contributed by atoms with Crippen LogP contribution in [0.5, 0.6) is 0 Å². The molecule has 4 nitrogen and oxygen atoms in total. The smallest absolute Gasteiger partial charge is 0.306 e. The summed E-state index contributed by atoms with van der Waals surface area (Å²) in [6.45, 7) is 5.35. The van der Waals surface area contributed by atoms with Crippen LogP contribution >= 0.6 is 0 Å². The molecule has 0 aromatic heterocycles. The lowest BCUT2D eigenvalue weighted by molar-refractivity contribution is -0.154. The summed E-state index contributed by atoms with van der Waals surface area (Å²) in [4.78, 5) is 12.1. The third-order valence-corrected chi connectivity index (χ3v) is 8.34. The van der Waals surface area contributed by atoms with Gasteiger partial charge in [-0.3, -0.25) is 4.79 Å². The van der Waals surface area contributed by atoms with Crippen molar-refractivity contribution in [2.45, 2.75) is 206 Å². The van der Waals surface area contributed by atoms with E-state index in [0.717, 1.165) is 19.3 Å². The molecule has 0 saturated heterocycles. The molecule has 0 spiro atoms. The van der Waals surface area contributed by atoms with Gasteiger partial charge in [0, 0.05) is 13.0 Å². The average molecular weight is 595 g/mol. The van der Waals surface area contributed by atoms with Gasteiger partial charge in [-0.1, -0.05) is 167 Å². The fourth-order valence-corrected chi connectivity index (χ4v) is 5.50. The number of esters is 1. The van der Waals surface area contributed by atoms with Gasteiger partial charge >= 0.3 is 5.97 Å². The molecule has 1 N–H and O–H groups in total. The Labute approximate surface area is 263 Å². The van der Waals surface area contributed by atoms with E-state index >= 15 is 0 Å². The van der Waals surface area contributed by atoms with Crippen molar-refractivity contribution in [3.05, 3.63) is 12.2 Å². The van der Waals surface area contributed by atoms with Crippen LogP contribution in [0.3, 0.4) is 0 Å². The predicted molar refractivity (Wildman–Crippen MR) is 182 cm³/mol. The van der Waals surface area contributed by atoms with Gasteiger partial charge in [0.05, 0.1) is 13.2 Å². The largest absolute Gasteiger partial charge is 0.457 e. The third kappa shape index (κ3) is 33.6. The molecular formula is C38H74O4. The fraction of sp³-hybridized carbons (Fsp3) is 0.921. The van der Waals surface area contributed by atoms with Crippen LogP contribution in [-0.2, 0) is 14.3 Å². The maximum atomic E-state index is 12.1. The van der Waals surface area contributed by atoms with E-state index in [2.05, 4.69) is 26.0 Å². The summed E-state index contributed by atoms with van der Waals surface area (Å²) in [5, 5.41) is 9.55. The second-order valence-corrected chi connectivity index (χ2v) is 12.7. The Bertz CT molecular complexity index is 547. The molecule has 0 rings (SSSR count). The quantitative estimate of drug-likeness (QED) is 0.0450. The first-order valence-electron chi connectivity index (χ1n) is 18.8. The van der Waals surface area contributed by atoms with Crippen LogP contribution in [0.2, 0.25) is 0 Å². The van der Waals surface area contributed by atoms with Crippen molar-refractivity contribution in [2.24, 2.45) is 0 Å². The third-order valence-electron chi connectivity index (χ3n) is 8.34. The van der Waals surface area contributed by atoms with Crippen LogP contribution in [-0.4, -0.2) is 37.0 Å². The molecule has 0 amide bonds. The molecule has 0 bridgehead atoms. The summed E-state index contributed by atoms with van der Waals surface area (Å²) in [6, 6.07) is 0. The Morgan fingerprint density at radius 2 is 0.929 bits per heavy atom. The Morgan fingerprint density at radius 1 is 0.548 bits per heavy atom. The summed E-state index contributed by atoms with van der Waals surface area (Å²) in [5.41, 5.74) is 0. The highest BCUT2D eigenvalue weighted by atomic mass is 16.6. The number of hydrogen-bond acceptors (Lipinski definition) is 4. The maximum absolute atomic E-state index is 12.1. The molecule has 0 aromatic carbocycles. The standard InChI is InChI=1S/C38H74O4/c1-3-5-7-9-11-13-15-17-18-19-20-22-24-26-28-30-32-34-41-36-37(35-39)42-38(40)33-31-29-27-25-23-21-16-14-12-10-8-6-4-2/h18-19,37,39H,3-17,20-36H2,1-2H3/b19-18-. The molecule has 42 heavy (non-hydrogen) atoms. The number of aliphatic hydroxyl groups is 1. The lowest BCUT2D eigenvalue weighted by Gasteiger charge is -2.15. The normalized spacial score (nSPS) is 12.4. The monoisotopic (exact) mass is 595 g/mol. The molecule has 0 radical (unpaired) electrons. The first kappa shape index (κ1) is 41.1. The number of carbonyl (C=O) groups is 1. The predicted octanol–water partition coefficient (Wildman–Crippen LogP) is 11.8. The van der Waals surface area contributed by atoms with Crippen LogP contribution in [0.25, 0.3) is 0 Å². The number of hydrogen-bond donors (Lipinski definition) is 1. The minimum absolute atomic E-state index is 0.169. The second-order valence-electron chi connectivity index (χ2n) is 12.7. The number of ether oxygens (including phenoxy) is 2. The van der Waals surface area contributed by atoms with Gasteiger partial charge in [0.1, 0.15) is 6.10 Å². The van der Waals surface area contributed by atoms with Crippen molar-refractivity contribution < 1.29 is 19.4 Å². The minimum Gasteiger partial charge on any atom is -0.457 e. The number of rotatable bonds is 35. The molecule has 0 aliphatic rings. The van der Waals surface area contributed by atoms with Crippen molar-refractivity contribution in [2.75, 3.05) is 19.8 Å². The summed E-state index contributed by atoms with van der Waals surface area (Å²) in [6.07, 6.45) is 41.1. The molecule has 1 atom stereocenters. The van der Waals surface area contributed by atoms with Crippen molar-refractivity contribution in [3.8, 4) is 0 Å². The van der Waals surface area contributed by atoms with Gasteiger partial charge < -0.3 is 14.6 Å². The van der Waals surface area contributed by atoms with Gasteiger partial charge in [-0.05, 0) is 38.5 Å². The molecule has 250 valence electrons. The molecule has 0 heterocycles. The van der Waals surface area contributed by atoms with E-state index in [0.29, 0.717) is 19.6 Å². The van der Waals surface area contributed by atoms with Gasteiger partial charge in [0.15, 0.2) is 0 Å². The summed E-state index contributed by atoms with van der Waals surface area (Å²) < 4.78 is 11.1. The van der Waals surface area contributed by atoms with E-state index in [1.165, 1.54) is 161 Å². The van der Waals surface area contributed by atoms with Gasteiger partial charge in [-0.2, -0.15) is 0 Å². The van der Waals surface area contributed by atoms with E-state index in [-0.39, 0.29) is 12.6 Å². The molecule has 4 heteroatoms. The summed E-state index contributed by atoms with van der Waals surface area (Å²) in [7, 11) is 0. The van der Waals surface area contributed by atoms with E-state index in [1.54, 1.807) is 0 Å². The Hall–Kier alpha value is -0.870. The van der Waals surface area contributed by atoms with Crippen LogP contribution in [0.1, 0.15) is 200 Å². The highest BCUT2D eigenvalue weighted by Crippen LogP contribution is 2.14.